The predicted octanol–water partition coefficient (Wildman–Crippen LogP) is 2.30. The van der Waals surface area contributed by atoms with Gasteiger partial charge in [0, 0.05) is 23.9 Å². The monoisotopic (exact) mass is 249 g/mol. The van der Waals surface area contributed by atoms with Crippen molar-refractivity contribution in [2.75, 3.05) is 11.9 Å². The molecule has 1 aliphatic rings. The van der Waals surface area contributed by atoms with Crippen molar-refractivity contribution in [2.45, 2.75) is 46.6 Å². The summed E-state index contributed by atoms with van der Waals surface area (Å²) in [7, 11) is 0. The Balaban J connectivity index is 1.97. The van der Waals surface area contributed by atoms with Crippen molar-refractivity contribution in [1.82, 2.24) is 9.97 Å². The van der Waals surface area contributed by atoms with Gasteiger partial charge in [-0.05, 0) is 38.2 Å². The Kier molecular flexibility index (Phi) is 3.57. The van der Waals surface area contributed by atoms with E-state index in [0.29, 0.717) is 11.9 Å². The number of nitrogens with zero attached hydrogens (tertiary/aromatic N) is 2. The van der Waals surface area contributed by atoms with Gasteiger partial charge in [-0.15, -0.1) is 0 Å². The molecule has 4 heteroatoms. The van der Waals surface area contributed by atoms with Crippen molar-refractivity contribution in [2.24, 2.45) is 11.3 Å². The lowest BCUT2D eigenvalue weighted by atomic mass is 9.90. The molecule has 2 N–H and O–H groups in total. The van der Waals surface area contributed by atoms with E-state index in [9.17, 15) is 5.11 Å². The zero-order valence-corrected chi connectivity index (χ0v) is 11.7. The number of hydrogen-bond donors (Lipinski definition) is 2. The Morgan fingerprint density at radius 3 is 2.56 bits per heavy atom. The minimum Gasteiger partial charge on any atom is -0.392 e. The lowest BCUT2D eigenvalue weighted by Crippen LogP contribution is -2.33. The Morgan fingerprint density at radius 2 is 2.06 bits per heavy atom. The van der Waals surface area contributed by atoms with Crippen LogP contribution in [0.3, 0.4) is 0 Å². The molecule has 0 aliphatic heterocycles. The first-order valence-electron chi connectivity index (χ1n) is 6.67. The molecule has 1 aromatic rings. The molecule has 1 atom stereocenters. The largest absolute Gasteiger partial charge is 0.392 e. The van der Waals surface area contributed by atoms with E-state index in [1.807, 2.05) is 20.0 Å². The van der Waals surface area contributed by atoms with Crippen molar-refractivity contribution in [3.8, 4) is 0 Å². The summed E-state index contributed by atoms with van der Waals surface area (Å²) in [5, 5.41) is 13.5. The zero-order chi connectivity index (χ0) is 13.3. The zero-order valence-electron chi connectivity index (χ0n) is 11.7. The summed E-state index contributed by atoms with van der Waals surface area (Å²) in [6.45, 7) is 8.88. The van der Waals surface area contributed by atoms with Crippen LogP contribution in [0.25, 0.3) is 0 Å². The third-order valence-corrected chi connectivity index (χ3v) is 3.97. The van der Waals surface area contributed by atoms with Gasteiger partial charge in [0.1, 0.15) is 0 Å². The highest BCUT2D eigenvalue weighted by atomic mass is 16.3. The van der Waals surface area contributed by atoms with Gasteiger partial charge in [0.15, 0.2) is 0 Å². The summed E-state index contributed by atoms with van der Waals surface area (Å²) >= 11 is 0. The van der Waals surface area contributed by atoms with Gasteiger partial charge in [-0.25, -0.2) is 9.97 Å². The van der Waals surface area contributed by atoms with E-state index < -0.39 is 0 Å². The van der Waals surface area contributed by atoms with Crippen LogP contribution in [0.5, 0.6) is 0 Å². The van der Waals surface area contributed by atoms with E-state index in [0.717, 1.165) is 30.6 Å². The van der Waals surface area contributed by atoms with Crippen LogP contribution in [-0.4, -0.2) is 27.7 Å². The second kappa shape index (κ2) is 4.84. The molecule has 0 bridgehead atoms. The highest BCUT2D eigenvalue weighted by Crippen LogP contribution is 2.50. The van der Waals surface area contributed by atoms with Crippen LogP contribution in [0.1, 0.15) is 37.9 Å². The molecule has 0 spiro atoms. The second-order valence-electron chi connectivity index (χ2n) is 5.87. The highest BCUT2D eigenvalue weighted by molar-refractivity contribution is 5.29. The quantitative estimate of drug-likeness (QED) is 0.840. The van der Waals surface area contributed by atoms with E-state index in [1.165, 1.54) is 0 Å². The van der Waals surface area contributed by atoms with E-state index >= 15 is 0 Å². The SMILES string of the molecule is Cc1cnc(NCC2(C(O)C(C)C)CC2)nc1C. The number of aliphatic hydroxyl groups excluding tert-OH is 1. The number of anilines is 1. The lowest BCUT2D eigenvalue weighted by Gasteiger charge is -2.25. The van der Waals surface area contributed by atoms with Gasteiger partial charge in [-0.3, -0.25) is 0 Å². The summed E-state index contributed by atoms with van der Waals surface area (Å²) in [5.41, 5.74) is 2.14. The highest BCUT2D eigenvalue weighted by Gasteiger charge is 2.49. The maximum Gasteiger partial charge on any atom is 0.222 e. The number of rotatable bonds is 5. The van der Waals surface area contributed by atoms with Crippen LogP contribution < -0.4 is 5.32 Å². The number of aryl methyl sites for hydroxylation is 2. The predicted molar refractivity (Wildman–Crippen MR) is 72.5 cm³/mol. The molecule has 100 valence electrons. The molecule has 4 nitrogen and oxygen atoms in total. The topological polar surface area (TPSA) is 58.0 Å². The van der Waals surface area contributed by atoms with E-state index in [4.69, 9.17) is 0 Å². The van der Waals surface area contributed by atoms with Crippen molar-refractivity contribution >= 4 is 5.95 Å². The van der Waals surface area contributed by atoms with Gasteiger partial charge in [0.25, 0.3) is 0 Å². The Morgan fingerprint density at radius 1 is 1.39 bits per heavy atom. The van der Waals surface area contributed by atoms with Crippen LogP contribution >= 0.6 is 0 Å². The van der Waals surface area contributed by atoms with E-state index in [2.05, 4.69) is 29.1 Å². The van der Waals surface area contributed by atoms with Gasteiger partial charge in [0.05, 0.1) is 6.10 Å². The number of aliphatic hydroxyl groups is 1. The van der Waals surface area contributed by atoms with Gasteiger partial charge in [0.2, 0.25) is 5.95 Å². The molecule has 0 aromatic carbocycles. The van der Waals surface area contributed by atoms with Gasteiger partial charge in [-0.1, -0.05) is 13.8 Å². The van der Waals surface area contributed by atoms with Gasteiger partial charge in [-0.2, -0.15) is 0 Å². The summed E-state index contributed by atoms with van der Waals surface area (Å²) in [6, 6.07) is 0. The summed E-state index contributed by atoms with van der Waals surface area (Å²) in [6.07, 6.45) is 3.77. The second-order valence-corrected chi connectivity index (χ2v) is 5.87. The summed E-state index contributed by atoms with van der Waals surface area (Å²) < 4.78 is 0. The first kappa shape index (κ1) is 13.3. The first-order valence-corrected chi connectivity index (χ1v) is 6.67. The number of aromatic nitrogens is 2. The van der Waals surface area contributed by atoms with E-state index in [-0.39, 0.29) is 11.5 Å². The molecule has 0 saturated heterocycles. The molecule has 1 saturated carbocycles. The third-order valence-electron chi connectivity index (χ3n) is 3.97. The van der Waals surface area contributed by atoms with Crippen LogP contribution in [-0.2, 0) is 0 Å². The maximum absolute atomic E-state index is 10.2. The standard InChI is InChI=1S/C14H23N3O/c1-9(2)12(18)14(5-6-14)8-16-13-15-7-10(3)11(4)17-13/h7,9,12,18H,5-6,8H2,1-4H3,(H,15,16,17). The lowest BCUT2D eigenvalue weighted by molar-refractivity contribution is 0.0566. The van der Waals surface area contributed by atoms with E-state index in [1.54, 1.807) is 0 Å². The average Bonchev–Trinajstić information content (AvgIpc) is 3.11. The van der Waals surface area contributed by atoms with Crippen LogP contribution in [0.4, 0.5) is 5.95 Å². The smallest absolute Gasteiger partial charge is 0.222 e. The normalized spacial score (nSPS) is 18.8. The molecule has 1 fully saturated rings. The average molecular weight is 249 g/mol. The number of nitrogens with one attached hydrogen (secondary N) is 1. The van der Waals surface area contributed by atoms with Crippen LogP contribution in [0, 0.1) is 25.2 Å². The first-order chi connectivity index (χ1) is 8.44. The Bertz CT molecular complexity index is 427. The summed E-state index contributed by atoms with van der Waals surface area (Å²) in [4.78, 5) is 8.67. The fourth-order valence-corrected chi connectivity index (χ4v) is 2.31. The maximum atomic E-state index is 10.2. The molecule has 1 heterocycles. The third kappa shape index (κ3) is 2.64. The number of hydrogen-bond acceptors (Lipinski definition) is 4. The molecular weight excluding hydrogens is 226 g/mol. The molecule has 18 heavy (non-hydrogen) atoms. The summed E-state index contributed by atoms with van der Waals surface area (Å²) in [5.74, 6) is 0.968. The van der Waals surface area contributed by atoms with Gasteiger partial charge < -0.3 is 10.4 Å². The molecule has 2 rings (SSSR count). The fourth-order valence-electron chi connectivity index (χ4n) is 2.31. The van der Waals surface area contributed by atoms with Crippen molar-refractivity contribution in [3.05, 3.63) is 17.5 Å². The Labute approximate surface area is 109 Å². The minimum atomic E-state index is -0.239. The molecule has 1 aromatic heterocycles. The molecule has 1 unspecified atom stereocenters. The molecule has 1 aliphatic carbocycles. The molecular formula is C14H23N3O. The van der Waals surface area contributed by atoms with Crippen molar-refractivity contribution in [3.63, 3.8) is 0 Å². The molecule has 0 radical (unpaired) electrons. The molecule has 0 amide bonds. The fraction of sp³-hybridized carbons (Fsp3) is 0.714. The van der Waals surface area contributed by atoms with Gasteiger partial charge >= 0.3 is 0 Å². The van der Waals surface area contributed by atoms with Crippen LogP contribution in [0.2, 0.25) is 0 Å². The van der Waals surface area contributed by atoms with Crippen molar-refractivity contribution < 1.29 is 5.11 Å². The van der Waals surface area contributed by atoms with Crippen LogP contribution in [0.15, 0.2) is 6.20 Å². The minimum absolute atomic E-state index is 0.0380. The van der Waals surface area contributed by atoms with Crippen molar-refractivity contribution in [1.29, 1.82) is 0 Å². The Hall–Kier alpha value is -1.16.